The molecule has 4 aromatic carbocycles. The monoisotopic (exact) mass is 584 g/mol. The summed E-state index contributed by atoms with van der Waals surface area (Å²) in [4.78, 5) is 25.6. The van der Waals surface area contributed by atoms with Gasteiger partial charge in [-0.2, -0.15) is 17.6 Å². The van der Waals surface area contributed by atoms with Crippen molar-refractivity contribution in [2.75, 3.05) is 5.32 Å². The van der Waals surface area contributed by atoms with Crippen LogP contribution in [0.3, 0.4) is 0 Å². The molecule has 4 aromatic rings. The summed E-state index contributed by atoms with van der Waals surface area (Å²) in [5.74, 6) is -3.20. The van der Waals surface area contributed by atoms with Crippen LogP contribution in [0.5, 0.6) is 23.0 Å². The third kappa shape index (κ3) is 7.90. The largest absolute Gasteiger partial charge is 0.485 e. The minimum atomic E-state index is -3.25. The number of benzene rings is 4. The summed E-state index contributed by atoms with van der Waals surface area (Å²) in [6.45, 7) is -6.58. The van der Waals surface area contributed by atoms with Crippen LogP contribution in [0.25, 0.3) is 0 Å². The number of amides is 2. The Bertz CT molecular complexity index is 1520. The third-order valence-electron chi connectivity index (χ3n) is 5.73. The van der Waals surface area contributed by atoms with Crippen molar-refractivity contribution in [3.05, 3.63) is 113 Å². The number of alkyl halides is 4. The lowest BCUT2D eigenvalue weighted by molar-refractivity contribution is -0.0521. The molecular formula is C30H24F4N2O6. The number of nitrogens with one attached hydrogen (secondary N) is 1. The zero-order valence-corrected chi connectivity index (χ0v) is 21.8. The van der Waals surface area contributed by atoms with Crippen LogP contribution in [0.15, 0.2) is 91.0 Å². The van der Waals surface area contributed by atoms with E-state index in [0.717, 1.165) is 29.8 Å². The summed E-state index contributed by atoms with van der Waals surface area (Å²) in [5, 5.41) is 2.45. The van der Waals surface area contributed by atoms with Crippen LogP contribution in [-0.4, -0.2) is 25.0 Å². The molecule has 0 radical (unpaired) electrons. The Kier molecular flexibility index (Phi) is 9.82. The van der Waals surface area contributed by atoms with Crippen molar-refractivity contribution < 1.29 is 46.1 Å². The van der Waals surface area contributed by atoms with Gasteiger partial charge < -0.3 is 30.0 Å². The summed E-state index contributed by atoms with van der Waals surface area (Å²) in [7, 11) is 0. The summed E-state index contributed by atoms with van der Waals surface area (Å²) >= 11 is 0. The normalized spacial score (nSPS) is 10.8. The maximum atomic E-state index is 13.4. The van der Waals surface area contributed by atoms with Crippen molar-refractivity contribution in [2.24, 2.45) is 5.73 Å². The number of primary amides is 1. The Morgan fingerprint density at radius 3 is 1.81 bits per heavy atom. The molecule has 0 fully saturated rings. The van der Waals surface area contributed by atoms with E-state index in [1.54, 1.807) is 60.7 Å². The van der Waals surface area contributed by atoms with Gasteiger partial charge in [-0.3, -0.25) is 9.59 Å². The molecular weight excluding hydrogens is 560 g/mol. The van der Waals surface area contributed by atoms with E-state index in [9.17, 15) is 27.2 Å². The van der Waals surface area contributed by atoms with E-state index in [2.05, 4.69) is 14.8 Å². The third-order valence-corrected chi connectivity index (χ3v) is 5.73. The quantitative estimate of drug-likeness (QED) is 0.176. The van der Waals surface area contributed by atoms with Gasteiger partial charge in [0.05, 0.1) is 5.56 Å². The predicted molar refractivity (Wildman–Crippen MR) is 144 cm³/mol. The molecule has 0 aliphatic carbocycles. The van der Waals surface area contributed by atoms with Gasteiger partial charge in [-0.15, -0.1) is 0 Å². The Morgan fingerprint density at radius 1 is 0.690 bits per heavy atom. The number of hydrogen-bond donors (Lipinski definition) is 2. The number of hydrogen-bond acceptors (Lipinski definition) is 6. The van der Waals surface area contributed by atoms with Gasteiger partial charge in [-0.25, -0.2) is 0 Å². The summed E-state index contributed by atoms with van der Waals surface area (Å²) in [5.41, 5.74) is 6.17. The van der Waals surface area contributed by atoms with Gasteiger partial charge in [0, 0.05) is 5.56 Å². The SMILES string of the molecule is NC(=O)c1ccc(OC(F)F)c(OCc2ccccc2)c1NC(=O)c1ccc(OC(F)F)c(OCc2ccccc2)c1. The van der Waals surface area contributed by atoms with Gasteiger partial charge in [0.2, 0.25) is 0 Å². The number of carbonyl (C=O) groups excluding carboxylic acids is 2. The van der Waals surface area contributed by atoms with Crippen molar-refractivity contribution in [3.63, 3.8) is 0 Å². The Hall–Kier alpha value is -5.26. The fourth-order valence-electron chi connectivity index (χ4n) is 3.83. The Labute approximate surface area is 237 Å². The van der Waals surface area contributed by atoms with Crippen molar-refractivity contribution in [1.82, 2.24) is 0 Å². The first-order valence-corrected chi connectivity index (χ1v) is 12.4. The molecule has 0 unspecified atom stereocenters. The molecule has 0 bridgehead atoms. The highest BCUT2D eigenvalue weighted by molar-refractivity contribution is 6.10. The molecule has 8 nitrogen and oxygen atoms in total. The van der Waals surface area contributed by atoms with Gasteiger partial charge in [0.15, 0.2) is 23.0 Å². The zero-order valence-electron chi connectivity index (χ0n) is 21.8. The first-order valence-electron chi connectivity index (χ1n) is 12.4. The standard InChI is InChI=1S/C30H24F4N2O6/c31-29(32)41-22-13-11-20(15-24(22)39-16-18-7-3-1-4-8-18)28(38)36-25-21(27(35)37)12-14-23(42-30(33)34)26(25)40-17-19-9-5-2-6-10-19/h1-15,29-30H,16-17H2,(H2,35,37)(H,36,38). The number of carbonyl (C=O) groups is 2. The molecule has 0 atom stereocenters. The second-order valence-corrected chi connectivity index (χ2v) is 8.60. The lowest BCUT2D eigenvalue weighted by Crippen LogP contribution is -2.20. The molecule has 218 valence electrons. The number of nitrogens with two attached hydrogens (primary N) is 1. The lowest BCUT2D eigenvalue weighted by atomic mass is 10.1. The molecule has 0 aliphatic heterocycles. The van der Waals surface area contributed by atoms with Crippen LogP contribution < -0.4 is 30.0 Å². The van der Waals surface area contributed by atoms with Gasteiger partial charge in [0.1, 0.15) is 18.9 Å². The van der Waals surface area contributed by atoms with E-state index in [1.807, 2.05) is 0 Å². The highest BCUT2D eigenvalue weighted by Crippen LogP contribution is 2.40. The molecule has 0 saturated heterocycles. The Morgan fingerprint density at radius 2 is 1.24 bits per heavy atom. The summed E-state index contributed by atoms with van der Waals surface area (Å²) in [6, 6.07) is 23.1. The maximum absolute atomic E-state index is 13.4. The highest BCUT2D eigenvalue weighted by atomic mass is 19.3. The second kappa shape index (κ2) is 13.9. The topological polar surface area (TPSA) is 109 Å². The molecule has 2 amide bonds. The van der Waals surface area contributed by atoms with Crippen molar-refractivity contribution in [3.8, 4) is 23.0 Å². The van der Waals surface area contributed by atoms with Gasteiger partial charge in [-0.1, -0.05) is 60.7 Å². The first kappa shape index (κ1) is 29.7. The fraction of sp³-hybridized carbons (Fsp3) is 0.133. The molecule has 4 rings (SSSR count). The highest BCUT2D eigenvalue weighted by Gasteiger charge is 2.24. The summed E-state index contributed by atoms with van der Waals surface area (Å²) in [6.07, 6.45) is 0. The Balaban J connectivity index is 1.68. The summed E-state index contributed by atoms with van der Waals surface area (Å²) < 4.78 is 73.0. The molecule has 0 heterocycles. The van der Waals surface area contributed by atoms with E-state index < -0.39 is 30.8 Å². The first-order chi connectivity index (χ1) is 20.2. The minimum Gasteiger partial charge on any atom is -0.485 e. The maximum Gasteiger partial charge on any atom is 0.387 e. The molecule has 3 N–H and O–H groups in total. The number of rotatable bonds is 13. The van der Waals surface area contributed by atoms with Crippen LogP contribution in [0.4, 0.5) is 23.2 Å². The van der Waals surface area contributed by atoms with E-state index in [1.165, 1.54) is 6.07 Å². The smallest absolute Gasteiger partial charge is 0.387 e. The predicted octanol–water partition coefficient (Wildman–Crippen LogP) is 6.40. The zero-order chi connectivity index (χ0) is 30.1. The van der Waals surface area contributed by atoms with Crippen LogP contribution >= 0.6 is 0 Å². The number of ether oxygens (including phenoxy) is 4. The average Bonchev–Trinajstić information content (AvgIpc) is 2.96. The van der Waals surface area contributed by atoms with Crippen molar-refractivity contribution >= 4 is 17.5 Å². The van der Waals surface area contributed by atoms with E-state index >= 15 is 0 Å². The average molecular weight is 585 g/mol. The van der Waals surface area contributed by atoms with Crippen LogP contribution in [0.1, 0.15) is 31.8 Å². The van der Waals surface area contributed by atoms with Gasteiger partial charge in [-0.05, 0) is 41.5 Å². The van der Waals surface area contributed by atoms with Crippen LogP contribution in [-0.2, 0) is 13.2 Å². The molecule has 0 spiro atoms. The fourth-order valence-corrected chi connectivity index (χ4v) is 3.83. The van der Waals surface area contributed by atoms with Gasteiger partial charge in [0.25, 0.3) is 11.8 Å². The number of halogens is 4. The molecule has 0 saturated carbocycles. The van der Waals surface area contributed by atoms with Crippen molar-refractivity contribution in [2.45, 2.75) is 26.4 Å². The number of anilines is 1. The van der Waals surface area contributed by atoms with Crippen LogP contribution in [0.2, 0.25) is 0 Å². The lowest BCUT2D eigenvalue weighted by Gasteiger charge is -2.19. The second-order valence-electron chi connectivity index (χ2n) is 8.60. The molecule has 0 aromatic heterocycles. The van der Waals surface area contributed by atoms with E-state index in [4.69, 9.17) is 15.2 Å². The van der Waals surface area contributed by atoms with E-state index in [0.29, 0.717) is 5.56 Å². The molecule has 0 aliphatic rings. The minimum absolute atomic E-state index is 0.0260. The van der Waals surface area contributed by atoms with Crippen LogP contribution in [0, 0.1) is 0 Å². The van der Waals surface area contributed by atoms with Crippen molar-refractivity contribution in [1.29, 1.82) is 0 Å². The van der Waals surface area contributed by atoms with Gasteiger partial charge >= 0.3 is 13.2 Å². The van der Waals surface area contributed by atoms with E-state index in [-0.39, 0.29) is 47.3 Å². The molecule has 12 heteroatoms. The molecule has 42 heavy (non-hydrogen) atoms.